The van der Waals surface area contributed by atoms with Gasteiger partial charge in [-0.15, -0.1) is 0 Å². The third-order valence-corrected chi connectivity index (χ3v) is 24.8. The fourth-order valence-electron chi connectivity index (χ4n) is 6.02. The Balaban J connectivity index is 0.000000709. The van der Waals surface area contributed by atoms with Crippen LogP contribution in [0, 0.1) is 34.5 Å². The van der Waals surface area contributed by atoms with Gasteiger partial charge in [0.05, 0.1) is 29.7 Å². The van der Waals surface area contributed by atoms with Crippen molar-refractivity contribution in [2.24, 2.45) is 11.8 Å². The van der Waals surface area contributed by atoms with Gasteiger partial charge >= 0.3 is 120 Å². The first-order chi connectivity index (χ1) is 23.2. The Kier molecular flexibility index (Phi) is 25.2. The smallest absolute Gasteiger partial charge is 0.129 e. The van der Waals surface area contributed by atoms with Gasteiger partial charge in [-0.05, 0) is 60.4 Å². The van der Waals surface area contributed by atoms with Crippen LogP contribution in [0.25, 0.3) is 5.57 Å². The second-order valence-corrected chi connectivity index (χ2v) is 27.4. The summed E-state index contributed by atoms with van der Waals surface area (Å²) in [5.41, 5.74) is 3.90. The number of pyridine rings is 2. The molecule has 5 nitrogen and oxygen atoms in total. The van der Waals surface area contributed by atoms with Gasteiger partial charge in [-0.1, -0.05) is 70.8 Å². The van der Waals surface area contributed by atoms with E-state index in [0.717, 1.165) is 53.7 Å². The van der Waals surface area contributed by atoms with Crippen molar-refractivity contribution in [1.29, 1.82) is 10.5 Å². The molecule has 0 N–H and O–H groups in total. The zero-order valence-electron chi connectivity index (χ0n) is 30.6. The number of allylic oxidation sites excluding steroid dienone is 1. The number of hydrogen-bond donors (Lipinski definition) is 0. The fraction of sp³-hybridized carbons (Fsp3) is 0.628. The van der Waals surface area contributed by atoms with Gasteiger partial charge in [-0.3, -0.25) is 4.98 Å². The Morgan fingerprint density at radius 2 is 1.24 bits per heavy atom. The summed E-state index contributed by atoms with van der Waals surface area (Å²) in [5, 5.41) is 18.6. The number of nitriles is 2. The van der Waals surface area contributed by atoms with Gasteiger partial charge in [0.25, 0.3) is 0 Å². The first-order valence-corrected chi connectivity index (χ1v) is 26.4. The van der Waals surface area contributed by atoms with Crippen LogP contribution in [0.3, 0.4) is 0 Å². The van der Waals surface area contributed by atoms with Gasteiger partial charge in [0.15, 0.2) is 0 Å². The first kappa shape index (κ1) is 47.6. The van der Waals surface area contributed by atoms with E-state index in [2.05, 4.69) is 63.0 Å². The Morgan fingerprint density at radius 3 is 1.54 bits per heavy atom. The molecule has 2 unspecified atom stereocenters. The molecule has 2 aliphatic rings. The topological polar surface area (TPSA) is 82.6 Å². The maximum absolute atomic E-state index is 9.14. The van der Waals surface area contributed by atoms with Crippen molar-refractivity contribution < 1.29 is 4.74 Å². The van der Waals surface area contributed by atoms with Crippen molar-refractivity contribution in [3.8, 4) is 12.1 Å². The molecular formula is C43H69ClN4OSn. The number of nitrogens with zero attached hydrogens (tertiary/aromatic N) is 4. The summed E-state index contributed by atoms with van der Waals surface area (Å²) in [7, 11) is 0. The minimum Gasteiger partial charge on any atom is -0.244 e. The van der Waals surface area contributed by atoms with Crippen LogP contribution in [0.5, 0.6) is 0 Å². The van der Waals surface area contributed by atoms with Gasteiger partial charge in [-0.2, -0.15) is 10.5 Å². The fourth-order valence-corrected chi connectivity index (χ4v) is 20.8. The molecule has 4 rings (SSSR count). The van der Waals surface area contributed by atoms with Crippen LogP contribution in [0.1, 0.15) is 155 Å². The number of rotatable bonds is 19. The molecule has 0 aromatic carbocycles. The molecule has 278 valence electrons. The normalized spacial score (nSPS) is 14.3. The average molecular weight is 812 g/mol. The van der Waals surface area contributed by atoms with E-state index in [4.69, 9.17) is 26.9 Å². The number of unbranched alkanes of at least 4 members (excludes halogenated alkanes) is 3. The standard InChI is InChI=1S/C14H16N2.C11H11ClN2.C4H7O.3C4H9.2CH4.Sn/c1-10(2)14-6-5-12(9-16-14)13(8-15)7-11-3-4-11;12-11-4-3-9(7-14-11)10(6-13)5-8-1-2-8;1-3-5-4-2;3*1-3-4-2;;;/h5-6,9,11,13H,1,3-4,7H2,2H3;3-4,7-8,10H,1-2,5H2;1,4H2,2H3;3*1,3-4H2,2H3;2*1H4;. The minimum absolute atomic E-state index is 0. The van der Waals surface area contributed by atoms with Crippen LogP contribution >= 0.6 is 11.6 Å². The Hall–Kier alpha value is -2.35. The van der Waals surface area contributed by atoms with Gasteiger partial charge in [0.2, 0.25) is 0 Å². The van der Waals surface area contributed by atoms with E-state index >= 15 is 0 Å². The molecule has 0 amide bonds. The van der Waals surface area contributed by atoms with E-state index in [0.29, 0.717) is 5.15 Å². The van der Waals surface area contributed by atoms with Crippen LogP contribution < -0.4 is 0 Å². The maximum Gasteiger partial charge on any atom is 0.129 e. The Labute approximate surface area is 316 Å². The predicted molar refractivity (Wildman–Crippen MR) is 219 cm³/mol. The van der Waals surface area contributed by atoms with Crippen LogP contribution in [-0.4, -0.2) is 35.0 Å². The van der Waals surface area contributed by atoms with Crippen LogP contribution in [0.15, 0.2) is 53.6 Å². The molecule has 2 fully saturated rings. The second-order valence-electron chi connectivity index (χ2n) is 13.8. The average Bonchev–Trinajstić information content (AvgIpc) is 4.04. The summed E-state index contributed by atoms with van der Waals surface area (Å²) in [6, 6.07) is 12.3. The zero-order valence-corrected chi connectivity index (χ0v) is 34.2. The van der Waals surface area contributed by atoms with Crippen molar-refractivity contribution in [3.05, 3.63) is 75.6 Å². The number of hydrogen-bond acceptors (Lipinski definition) is 5. The molecule has 2 aliphatic carbocycles. The molecule has 2 aromatic heterocycles. The number of ether oxygens (including phenoxy) is 1. The molecule has 2 aromatic rings. The summed E-state index contributed by atoms with van der Waals surface area (Å²) in [4.78, 5) is 8.31. The third-order valence-electron chi connectivity index (χ3n) is 9.56. The van der Waals surface area contributed by atoms with E-state index in [-0.39, 0.29) is 26.7 Å². The van der Waals surface area contributed by atoms with E-state index in [1.54, 1.807) is 12.3 Å². The Morgan fingerprint density at radius 1 is 0.800 bits per heavy atom. The minimum atomic E-state index is -2.24. The molecule has 0 spiro atoms. The van der Waals surface area contributed by atoms with Crippen molar-refractivity contribution in [2.45, 2.75) is 152 Å². The van der Waals surface area contributed by atoms with Crippen molar-refractivity contribution in [1.82, 2.24) is 9.97 Å². The van der Waals surface area contributed by atoms with Gasteiger partial charge in [-0.25, -0.2) is 4.98 Å². The van der Waals surface area contributed by atoms with Crippen LogP contribution in [-0.2, 0) is 4.74 Å². The summed E-state index contributed by atoms with van der Waals surface area (Å²) in [5.74, 6) is 1.53. The van der Waals surface area contributed by atoms with Gasteiger partial charge in [0.1, 0.15) is 5.15 Å². The van der Waals surface area contributed by atoms with Crippen LogP contribution in [0.4, 0.5) is 0 Å². The maximum atomic E-state index is 9.14. The molecule has 2 saturated carbocycles. The monoisotopic (exact) mass is 812 g/mol. The molecule has 50 heavy (non-hydrogen) atoms. The van der Waals surface area contributed by atoms with E-state index < -0.39 is 18.4 Å². The molecule has 2 atom stereocenters. The summed E-state index contributed by atoms with van der Waals surface area (Å²) >= 11 is 3.44. The van der Waals surface area contributed by atoms with E-state index in [1.165, 1.54) is 81.3 Å². The van der Waals surface area contributed by atoms with Crippen molar-refractivity contribution in [2.75, 3.05) is 6.61 Å². The third kappa shape index (κ3) is 17.7. The summed E-state index contributed by atoms with van der Waals surface area (Å²) in [6.45, 7) is 20.0. The largest absolute Gasteiger partial charge is 0.244 e. The van der Waals surface area contributed by atoms with Crippen molar-refractivity contribution >= 4 is 35.6 Å². The first-order valence-electron chi connectivity index (χ1n) is 18.5. The predicted octanol–water partition coefficient (Wildman–Crippen LogP) is 13.9. The van der Waals surface area contributed by atoms with Gasteiger partial charge < -0.3 is 0 Å². The second kappa shape index (κ2) is 26.4. The summed E-state index contributed by atoms with van der Waals surface area (Å²) < 4.78 is 11.6. The number of aromatic nitrogens is 2. The molecule has 0 radical (unpaired) electrons. The van der Waals surface area contributed by atoms with Gasteiger partial charge in [0, 0.05) is 12.4 Å². The molecule has 7 heteroatoms. The molecular weight excluding hydrogens is 743 g/mol. The van der Waals surface area contributed by atoms with E-state index in [9.17, 15) is 0 Å². The summed E-state index contributed by atoms with van der Waals surface area (Å²) in [6.07, 6.45) is 18.7. The van der Waals surface area contributed by atoms with Crippen molar-refractivity contribution in [3.63, 3.8) is 0 Å². The Bertz CT molecular complexity index is 1280. The molecule has 2 heterocycles. The van der Waals surface area contributed by atoms with Crippen LogP contribution in [0.2, 0.25) is 18.5 Å². The molecule has 0 saturated heterocycles. The van der Waals surface area contributed by atoms with E-state index in [1.807, 2.05) is 31.3 Å². The zero-order chi connectivity index (χ0) is 35.4. The molecule has 0 aliphatic heterocycles. The SMILES string of the molecule is C.C.C=C(C)c1ccc(C(C#N)CC2CC2)cn1.C=[C](OCC)[Sn]([CH2]CCC)([CH2]CCC)[CH2]CCC.N#CC(CC1CC1)c1ccc(Cl)nc1. The number of halogens is 1. The quantitative estimate of drug-likeness (QED) is 0.0801. The molecule has 0 bridgehead atoms.